The summed E-state index contributed by atoms with van der Waals surface area (Å²) in [5.74, 6) is -2.90. The van der Waals surface area contributed by atoms with Crippen molar-refractivity contribution in [3.8, 4) is 0 Å². The third kappa shape index (κ3) is 0.787. The van der Waals surface area contributed by atoms with Crippen molar-refractivity contribution in [2.75, 3.05) is 0 Å². The van der Waals surface area contributed by atoms with Gasteiger partial charge in [-0.1, -0.05) is 0 Å². The number of rotatable bonds is 2. The van der Waals surface area contributed by atoms with E-state index in [0.29, 0.717) is 0 Å². The summed E-state index contributed by atoms with van der Waals surface area (Å²) in [5.41, 5.74) is -1.32. The summed E-state index contributed by atoms with van der Waals surface area (Å²) < 4.78 is 17.9. The minimum atomic E-state index is -1.45. The third-order valence-electron chi connectivity index (χ3n) is 2.17. The number of hydrogen-bond acceptors (Lipinski definition) is 6. The quantitative estimate of drug-likeness (QED) is 0.632. The summed E-state index contributed by atoms with van der Waals surface area (Å²) in [6, 6.07) is 0. The lowest BCUT2D eigenvalue weighted by Gasteiger charge is -2.08. The molecule has 2 N–H and O–H groups in total. The van der Waals surface area contributed by atoms with Crippen molar-refractivity contribution in [3.05, 3.63) is 11.1 Å². The Morgan fingerprint density at radius 3 is 1.19 bits per heavy atom. The van der Waals surface area contributed by atoms with Crippen molar-refractivity contribution < 1.29 is 38.1 Å². The molecule has 16 heavy (non-hydrogen) atoms. The van der Waals surface area contributed by atoms with Crippen molar-refractivity contribution in [2.45, 2.75) is 0 Å². The topological polar surface area (TPSA) is 127 Å². The van der Waals surface area contributed by atoms with E-state index in [1.165, 1.54) is 0 Å². The average molecular weight is 226 g/mol. The Kier molecular flexibility index (Phi) is 1.34. The third-order valence-corrected chi connectivity index (χ3v) is 2.17. The highest BCUT2D eigenvalue weighted by molar-refractivity contribution is 6.18. The van der Waals surface area contributed by atoms with Gasteiger partial charge in [-0.2, -0.15) is 0 Å². The van der Waals surface area contributed by atoms with Gasteiger partial charge in [-0.25, -0.2) is 9.59 Å². The van der Waals surface area contributed by atoms with Crippen LogP contribution in [0.2, 0.25) is 0 Å². The molecule has 82 valence electrons. The highest BCUT2D eigenvalue weighted by atomic mass is 17.0. The van der Waals surface area contributed by atoms with E-state index in [1.807, 2.05) is 0 Å². The molecule has 0 spiro atoms. The zero-order valence-corrected chi connectivity index (χ0v) is 7.34. The van der Waals surface area contributed by atoms with Gasteiger partial charge in [0.1, 0.15) is 11.1 Å². The van der Waals surface area contributed by atoms with Crippen LogP contribution in [0.5, 0.6) is 0 Å². The van der Waals surface area contributed by atoms with Crippen LogP contribution in [-0.2, 0) is 0 Å². The number of hydrogen-bond donors (Lipinski definition) is 2. The van der Waals surface area contributed by atoms with E-state index < -0.39 is 23.1 Å². The minimum Gasteiger partial charge on any atom is -0.478 e. The monoisotopic (exact) mass is 226 g/mol. The van der Waals surface area contributed by atoms with Gasteiger partial charge in [0.2, 0.25) is 11.2 Å². The van der Waals surface area contributed by atoms with Crippen LogP contribution < -0.4 is 0 Å². The molecule has 1 aromatic carbocycles. The zero-order valence-electron chi connectivity index (χ0n) is 7.34. The predicted molar refractivity (Wildman–Crippen MR) is 44.4 cm³/mol. The lowest BCUT2D eigenvalue weighted by atomic mass is 10.0. The van der Waals surface area contributed by atoms with E-state index in [4.69, 9.17) is 10.2 Å². The van der Waals surface area contributed by atoms with Crippen LogP contribution in [0.15, 0.2) is 18.3 Å². The molecule has 2 aromatic heterocycles. The molecule has 0 aliphatic carbocycles. The molecule has 0 aliphatic heterocycles. The molecule has 3 aromatic rings. The van der Waals surface area contributed by atoms with Crippen LogP contribution in [0.3, 0.4) is 0 Å². The molecular formula is C8H2O8. The van der Waals surface area contributed by atoms with Crippen LogP contribution in [0.25, 0.3) is 22.3 Å². The number of carbonyl (C=O) groups is 2. The fraction of sp³-hybridized carbons (Fsp3) is 0. The fourth-order valence-electron chi connectivity index (χ4n) is 1.48. The number of carboxylic acid groups (broad SMARTS) is 2. The highest BCUT2D eigenvalue weighted by Gasteiger charge is 2.34. The molecule has 0 saturated carbocycles. The molecule has 0 radical (unpaired) electrons. The normalized spacial score (nSPS) is 11.5. The van der Waals surface area contributed by atoms with Crippen LogP contribution in [0.1, 0.15) is 20.7 Å². The maximum Gasteiger partial charge on any atom is 0.340 e. The average Bonchev–Trinajstić information content (AvgIpc) is 2.12. The zero-order chi connectivity index (χ0) is 11.4. The van der Waals surface area contributed by atoms with Gasteiger partial charge >= 0.3 is 11.9 Å². The van der Waals surface area contributed by atoms with Crippen LogP contribution >= 0.6 is 0 Å². The second-order valence-electron chi connectivity index (χ2n) is 3.01. The van der Waals surface area contributed by atoms with Gasteiger partial charge in [-0.15, -0.1) is 0 Å². The lowest BCUT2D eigenvalue weighted by molar-refractivity contribution is 0.0329. The van der Waals surface area contributed by atoms with Crippen LogP contribution in [0.4, 0.5) is 0 Å². The van der Waals surface area contributed by atoms with Gasteiger partial charge in [0.25, 0.3) is 11.2 Å². The highest BCUT2D eigenvalue weighted by Crippen LogP contribution is 2.37. The Hall–Kier alpha value is -2.64. The standard InChI is InChI=1S/C8H2O8/c9-7(10)1-2(8(11)12)4-6(16-14-4)5-3(1)13-15-5/h(H,9,10)(H,11,12). The van der Waals surface area contributed by atoms with Crippen LogP contribution in [0, 0.1) is 0 Å². The number of benzene rings is 1. The van der Waals surface area contributed by atoms with Crippen molar-refractivity contribution in [1.82, 2.24) is 0 Å². The Labute approximate surface area is 84.5 Å². The van der Waals surface area contributed by atoms with Crippen LogP contribution in [-0.4, -0.2) is 22.2 Å². The summed E-state index contributed by atoms with van der Waals surface area (Å²) in [7, 11) is 0. The molecule has 2 heterocycles. The van der Waals surface area contributed by atoms with Gasteiger partial charge in [0.05, 0.1) is 0 Å². The van der Waals surface area contributed by atoms with Gasteiger partial charge < -0.3 is 10.2 Å². The van der Waals surface area contributed by atoms with Gasteiger partial charge in [-0.05, 0) is 0 Å². The van der Waals surface area contributed by atoms with E-state index in [0.717, 1.165) is 0 Å². The van der Waals surface area contributed by atoms with E-state index in [2.05, 4.69) is 18.3 Å². The first-order valence-corrected chi connectivity index (χ1v) is 4.01. The molecule has 0 bridgehead atoms. The number of carboxylic acids is 2. The van der Waals surface area contributed by atoms with Crippen molar-refractivity contribution in [3.63, 3.8) is 0 Å². The Balaban J connectivity index is 2.53. The minimum absolute atomic E-state index is 0.0312. The van der Waals surface area contributed by atoms with Crippen molar-refractivity contribution in [1.29, 1.82) is 0 Å². The molecule has 0 atom stereocenters. The largest absolute Gasteiger partial charge is 0.478 e. The molecule has 3 rings (SSSR count). The second-order valence-corrected chi connectivity index (χ2v) is 3.01. The maximum atomic E-state index is 10.9. The SMILES string of the molecule is O=C(O)c1c(C(=O)O)c2ooc2c2ooc12. The van der Waals surface area contributed by atoms with Crippen molar-refractivity contribution in [2.24, 2.45) is 0 Å². The molecule has 0 unspecified atom stereocenters. The predicted octanol–water partition coefficient (Wildman–Crippen LogP) is 1.76. The summed E-state index contributed by atoms with van der Waals surface area (Å²) in [5, 5.41) is 17.8. The van der Waals surface area contributed by atoms with E-state index in [-0.39, 0.29) is 22.3 Å². The molecule has 8 heteroatoms. The molecule has 0 amide bonds. The second kappa shape index (κ2) is 2.48. The van der Waals surface area contributed by atoms with Gasteiger partial charge in [0.15, 0.2) is 0 Å². The molecule has 0 saturated heterocycles. The molecular weight excluding hydrogens is 224 g/mol. The number of aromatic carboxylic acids is 2. The Morgan fingerprint density at radius 1 is 0.688 bits per heavy atom. The first-order valence-electron chi connectivity index (χ1n) is 4.01. The summed E-state index contributed by atoms with van der Waals surface area (Å²) >= 11 is 0. The summed E-state index contributed by atoms with van der Waals surface area (Å²) in [4.78, 5) is 21.9. The summed E-state index contributed by atoms with van der Waals surface area (Å²) in [6.07, 6.45) is 0. The van der Waals surface area contributed by atoms with E-state index in [1.54, 1.807) is 0 Å². The molecule has 0 fully saturated rings. The fourth-order valence-corrected chi connectivity index (χ4v) is 1.48. The molecule has 0 aliphatic rings. The molecule has 8 nitrogen and oxygen atoms in total. The van der Waals surface area contributed by atoms with Gasteiger partial charge in [0, 0.05) is 0 Å². The van der Waals surface area contributed by atoms with Gasteiger partial charge in [-0.3, -0.25) is 18.3 Å². The van der Waals surface area contributed by atoms with E-state index in [9.17, 15) is 9.59 Å². The van der Waals surface area contributed by atoms with Crippen molar-refractivity contribution >= 4 is 34.3 Å². The first-order chi connectivity index (χ1) is 7.61. The summed E-state index contributed by atoms with van der Waals surface area (Å²) in [6.45, 7) is 0. The maximum absolute atomic E-state index is 10.9. The smallest absolute Gasteiger partial charge is 0.340 e. The Morgan fingerprint density at radius 2 is 1.00 bits per heavy atom. The first kappa shape index (κ1) is 8.65. The lowest BCUT2D eigenvalue weighted by Crippen LogP contribution is -2.11. The Bertz CT molecular complexity index is 654. The van der Waals surface area contributed by atoms with E-state index >= 15 is 0 Å². The number of fused-ring (bicyclic) bond motifs is 3.